The first kappa shape index (κ1) is 31.3. The average molecular weight is 622 g/mol. The molecule has 2 aromatic carbocycles. The van der Waals surface area contributed by atoms with Gasteiger partial charge in [-0.15, -0.1) is 0 Å². The van der Waals surface area contributed by atoms with Gasteiger partial charge in [-0.1, -0.05) is 6.92 Å². The lowest BCUT2D eigenvalue weighted by Crippen LogP contribution is -2.50. The number of methoxy groups -OCH3 is 1. The second-order valence-electron chi connectivity index (χ2n) is 10.3. The molecule has 1 aliphatic rings. The molecule has 0 spiro atoms. The summed E-state index contributed by atoms with van der Waals surface area (Å²) in [5.74, 6) is -0.126. The van der Waals surface area contributed by atoms with Crippen molar-refractivity contribution >= 4 is 31.6 Å². The third-order valence-corrected chi connectivity index (χ3v) is 10.2. The molecule has 1 aromatic heterocycles. The maximum Gasteiger partial charge on any atom is 0.280 e. The zero-order valence-electron chi connectivity index (χ0n) is 24.0. The summed E-state index contributed by atoms with van der Waals surface area (Å²) in [5, 5.41) is 9.71. The Bertz CT molecular complexity index is 1640. The zero-order chi connectivity index (χ0) is 30.8. The summed E-state index contributed by atoms with van der Waals surface area (Å²) < 4.78 is 68.9. The molecule has 42 heavy (non-hydrogen) atoms. The lowest BCUT2D eigenvalue weighted by Gasteiger charge is -2.38. The van der Waals surface area contributed by atoms with Crippen molar-refractivity contribution in [3.63, 3.8) is 0 Å². The molecule has 3 atom stereocenters. The van der Waals surface area contributed by atoms with Gasteiger partial charge >= 0.3 is 0 Å². The number of likely N-dealkylation sites (N-methyl/N-ethyl adjacent to an activating group) is 1. The van der Waals surface area contributed by atoms with Crippen LogP contribution in [0.5, 0.6) is 11.5 Å². The van der Waals surface area contributed by atoms with Gasteiger partial charge in [0, 0.05) is 38.4 Å². The number of benzene rings is 2. The number of aliphatic hydroxyl groups is 1. The zero-order valence-corrected chi connectivity index (χ0v) is 25.6. The number of fused-ring (bicyclic) bond motifs is 1. The molecule has 2 N–H and O–H groups in total. The molecule has 2 heterocycles. The summed E-state index contributed by atoms with van der Waals surface area (Å²) >= 11 is 0. The predicted octanol–water partition coefficient (Wildman–Crippen LogP) is 1.77. The van der Waals surface area contributed by atoms with Gasteiger partial charge in [-0.25, -0.2) is 13.4 Å². The number of aromatic nitrogens is 2. The quantitative estimate of drug-likeness (QED) is 0.344. The van der Waals surface area contributed by atoms with Crippen LogP contribution in [0, 0.1) is 5.92 Å². The summed E-state index contributed by atoms with van der Waals surface area (Å²) in [7, 11) is -3.35. The Morgan fingerprint density at radius 3 is 2.48 bits per heavy atom. The van der Waals surface area contributed by atoms with Gasteiger partial charge < -0.3 is 24.0 Å². The Morgan fingerprint density at radius 1 is 1.19 bits per heavy atom. The number of ether oxygens (including phenoxy) is 2. The van der Waals surface area contributed by atoms with Gasteiger partial charge in [0.2, 0.25) is 10.0 Å². The van der Waals surface area contributed by atoms with Crippen molar-refractivity contribution in [1.29, 1.82) is 0 Å². The number of imidazole rings is 1. The summed E-state index contributed by atoms with van der Waals surface area (Å²) in [6.07, 6.45) is 2.00. The van der Waals surface area contributed by atoms with Gasteiger partial charge in [-0.3, -0.25) is 9.52 Å². The molecule has 0 unspecified atom stereocenters. The number of anilines is 1. The molecular weight excluding hydrogens is 586 g/mol. The highest BCUT2D eigenvalue weighted by Gasteiger charge is 2.35. The highest BCUT2D eigenvalue weighted by molar-refractivity contribution is 7.92. The first-order chi connectivity index (χ1) is 19.8. The fourth-order valence-electron chi connectivity index (χ4n) is 4.52. The molecule has 4 rings (SSSR count). The molecule has 0 saturated heterocycles. The van der Waals surface area contributed by atoms with Crippen molar-refractivity contribution in [2.24, 2.45) is 13.0 Å². The highest BCUT2D eigenvalue weighted by atomic mass is 32.2. The largest absolute Gasteiger partial charge is 0.497 e. The summed E-state index contributed by atoms with van der Waals surface area (Å²) in [5.41, 5.74) is 0.173. The number of amides is 1. The smallest absolute Gasteiger partial charge is 0.280 e. The number of carbonyl (C=O) groups excluding carboxylic acids is 1. The minimum atomic E-state index is -4.04. The molecule has 0 saturated carbocycles. The van der Waals surface area contributed by atoms with E-state index in [1.165, 1.54) is 70.8 Å². The predicted molar refractivity (Wildman–Crippen MR) is 154 cm³/mol. The molecule has 3 aromatic rings. The monoisotopic (exact) mass is 621 g/mol. The van der Waals surface area contributed by atoms with E-state index in [-0.39, 0.29) is 52.5 Å². The topological polar surface area (TPSA) is 160 Å². The van der Waals surface area contributed by atoms with Gasteiger partial charge in [-0.2, -0.15) is 12.7 Å². The van der Waals surface area contributed by atoms with Gasteiger partial charge in [-0.05, 0) is 49.4 Å². The van der Waals surface area contributed by atoms with Crippen molar-refractivity contribution in [2.75, 3.05) is 38.6 Å². The number of hydrogen-bond donors (Lipinski definition) is 2. The first-order valence-electron chi connectivity index (χ1n) is 13.1. The molecule has 15 heteroatoms. The van der Waals surface area contributed by atoms with Crippen LogP contribution in [-0.2, 0) is 27.1 Å². The molecular formula is C27H35N5O8S2. The molecule has 228 valence electrons. The van der Waals surface area contributed by atoms with E-state index in [2.05, 4.69) is 9.71 Å². The molecule has 0 bridgehead atoms. The van der Waals surface area contributed by atoms with Crippen LogP contribution in [0.25, 0.3) is 0 Å². The van der Waals surface area contributed by atoms with Crippen molar-refractivity contribution in [2.45, 2.75) is 35.9 Å². The van der Waals surface area contributed by atoms with E-state index >= 15 is 0 Å². The number of hydrogen-bond acceptors (Lipinski definition) is 9. The van der Waals surface area contributed by atoms with Crippen molar-refractivity contribution in [3.8, 4) is 11.5 Å². The van der Waals surface area contributed by atoms with E-state index in [0.717, 1.165) is 0 Å². The Kier molecular flexibility index (Phi) is 9.15. The molecule has 0 radical (unpaired) electrons. The van der Waals surface area contributed by atoms with E-state index in [9.17, 15) is 26.7 Å². The Morgan fingerprint density at radius 2 is 1.88 bits per heavy atom. The van der Waals surface area contributed by atoms with Gasteiger partial charge in [0.15, 0.2) is 5.03 Å². The number of nitrogens with one attached hydrogen (secondary N) is 1. The second-order valence-corrected chi connectivity index (χ2v) is 14.0. The number of aryl methyl sites for hydroxylation is 1. The Labute approximate surface area is 245 Å². The van der Waals surface area contributed by atoms with Gasteiger partial charge in [0.05, 0.1) is 43.1 Å². The van der Waals surface area contributed by atoms with Crippen LogP contribution in [0.3, 0.4) is 0 Å². The maximum absolute atomic E-state index is 13.7. The molecule has 1 amide bonds. The van der Waals surface area contributed by atoms with E-state index in [1.54, 1.807) is 26.1 Å². The Hall–Kier alpha value is -3.66. The lowest BCUT2D eigenvalue weighted by molar-refractivity contribution is 0.0387. The van der Waals surface area contributed by atoms with Crippen LogP contribution in [0.15, 0.2) is 64.9 Å². The van der Waals surface area contributed by atoms with Crippen LogP contribution >= 0.6 is 0 Å². The number of aliphatic hydroxyl groups excluding tert-OH is 1. The van der Waals surface area contributed by atoms with E-state index < -0.39 is 38.1 Å². The third kappa shape index (κ3) is 6.53. The number of carbonyl (C=O) groups is 1. The maximum atomic E-state index is 13.7. The van der Waals surface area contributed by atoms with Gasteiger partial charge in [0.1, 0.15) is 17.6 Å². The number of rotatable bonds is 10. The lowest BCUT2D eigenvalue weighted by atomic mass is 9.99. The number of sulfonamides is 2. The third-order valence-electron chi connectivity index (χ3n) is 7.08. The van der Waals surface area contributed by atoms with E-state index in [4.69, 9.17) is 9.47 Å². The molecule has 0 fully saturated rings. The van der Waals surface area contributed by atoms with Crippen molar-refractivity contribution in [1.82, 2.24) is 18.8 Å². The normalized spacial score (nSPS) is 18.5. The average Bonchev–Trinajstić information content (AvgIpc) is 3.41. The summed E-state index contributed by atoms with van der Waals surface area (Å²) in [6, 6.07) is 9.75. The second kappa shape index (κ2) is 12.3. The van der Waals surface area contributed by atoms with Crippen LogP contribution in [0.4, 0.5) is 5.69 Å². The van der Waals surface area contributed by atoms with Crippen molar-refractivity contribution in [3.05, 3.63) is 60.6 Å². The highest BCUT2D eigenvalue weighted by Crippen LogP contribution is 2.32. The molecule has 1 aliphatic heterocycles. The van der Waals surface area contributed by atoms with Crippen molar-refractivity contribution < 1.29 is 36.2 Å². The van der Waals surface area contributed by atoms with E-state index in [1.807, 2.05) is 6.92 Å². The standard InChI is InChI=1S/C27H35N5O8S2/c1-18-13-32(19(2)16-33)27(34)23-12-20(29-41(35,36)26-15-30(3)17-28-26)6-11-24(23)40-25(18)14-31(4)42(37,38)22-9-7-21(39-5)8-10-22/h6-12,15,17-19,25,29,33H,13-14,16H2,1-5H3/t18-,19-,25+/m1/s1. The minimum absolute atomic E-state index is 0.0431. The van der Waals surface area contributed by atoms with Crippen LogP contribution in [0.2, 0.25) is 0 Å². The summed E-state index contributed by atoms with van der Waals surface area (Å²) in [6.45, 7) is 3.33. The SMILES string of the molecule is COc1ccc(S(=O)(=O)N(C)C[C@@H]2Oc3ccc(NS(=O)(=O)c4cn(C)cn4)cc3C(=O)N([C@H](C)CO)C[C@H]2C)cc1. The van der Waals surface area contributed by atoms with Crippen LogP contribution < -0.4 is 14.2 Å². The number of nitrogens with zero attached hydrogens (tertiary/aromatic N) is 4. The first-order valence-corrected chi connectivity index (χ1v) is 16.0. The van der Waals surface area contributed by atoms with Crippen LogP contribution in [0.1, 0.15) is 24.2 Å². The van der Waals surface area contributed by atoms with Crippen LogP contribution in [-0.4, -0.2) is 92.6 Å². The summed E-state index contributed by atoms with van der Waals surface area (Å²) in [4.78, 5) is 19.1. The van der Waals surface area contributed by atoms with E-state index in [0.29, 0.717) is 5.75 Å². The fraction of sp³-hybridized carbons (Fsp3) is 0.407. The molecule has 13 nitrogen and oxygen atoms in total. The Balaban J connectivity index is 1.67. The fourth-order valence-corrected chi connectivity index (χ4v) is 6.73. The van der Waals surface area contributed by atoms with Gasteiger partial charge in [0.25, 0.3) is 15.9 Å². The molecule has 0 aliphatic carbocycles. The minimum Gasteiger partial charge on any atom is -0.497 e.